The lowest BCUT2D eigenvalue weighted by Crippen LogP contribution is -1.92. The van der Waals surface area contributed by atoms with Gasteiger partial charge in [0.15, 0.2) is 0 Å². The van der Waals surface area contributed by atoms with E-state index in [2.05, 4.69) is 0 Å². The van der Waals surface area contributed by atoms with Crippen LogP contribution < -0.4 is 0 Å². The maximum Gasteiger partial charge on any atom is 0.131 e. The van der Waals surface area contributed by atoms with E-state index in [0.717, 1.165) is 16.7 Å². The van der Waals surface area contributed by atoms with Crippen LogP contribution in [-0.4, -0.2) is 5.11 Å². The molecule has 0 aromatic heterocycles. The summed E-state index contributed by atoms with van der Waals surface area (Å²) in [5, 5.41) is 9.84. The van der Waals surface area contributed by atoms with Crippen molar-refractivity contribution in [2.45, 2.75) is 20.8 Å². The maximum atomic E-state index is 14.0. The van der Waals surface area contributed by atoms with Crippen LogP contribution in [0.15, 0.2) is 30.3 Å². The highest BCUT2D eigenvalue weighted by Crippen LogP contribution is 2.34. The van der Waals surface area contributed by atoms with Gasteiger partial charge in [-0.3, -0.25) is 0 Å². The molecule has 2 rings (SSSR count). The van der Waals surface area contributed by atoms with Crippen molar-refractivity contribution in [3.05, 3.63) is 52.8 Å². The second-order valence-corrected chi connectivity index (χ2v) is 4.46. The number of rotatable bonds is 1. The standard InChI is InChI=1S/C15H15FO/c1-9-4-5-14(17)12(7-9)15-11(3)6-10(2)8-13(15)16/h4-8,17H,1-3H3. The molecule has 0 aliphatic rings. The van der Waals surface area contributed by atoms with E-state index in [4.69, 9.17) is 0 Å². The van der Waals surface area contributed by atoms with Gasteiger partial charge in [-0.2, -0.15) is 0 Å². The Hall–Kier alpha value is -1.83. The van der Waals surface area contributed by atoms with Crippen LogP contribution in [0.5, 0.6) is 5.75 Å². The zero-order valence-electron chi connectivity index (χ0n) is 10.2. The summed E-state index contributed by atoms with van der Waals surface area (Å²) in [7, 11) is 0. The van der Waals surface area contributed by atoms with E-state index >= 15 is 0 Å². The molecule has 2 heteroatoms. The Morgan fingerprint density at radius 3 is 2.29 bits per heavy atom. The van der Waals surface area contributed by atoms with Gasteiger partial charge >= 0.3 is 0 Å². The molecule has 0 atom stereocenters. The average Bonchev–Trinajstić information content (AvgIpc) is 2.21. The van der Waals surface area contributed by atoms with Crippen LogP contribution in [0.3, 0.4) is 0 Å². The number of aromatic hydroxyl groups is 1. The molecule has 88 valence electrons. The van der Waals surface area contributed by atoms with E-state index in [1.165, 1.54) is 6.07 Å². The monoisotopic (exact) mass is 230 g/mol. The Kier molecular flexibility index (Phi) is 2.88. The minimum absolute atomic E-state index is 0.112. The predicted molar refractivity (Wildman–Crippen MR) is 67.7 cm³/mol. The van der Waals surface area contributed by atoms with E-state index in [1.54, 1.807) is 18.2 Å². The molecular formula is C15H15FO. The Bertz CT molecular complexity index is 550. The summed E-state index contributed by atoms with van der Waals surface area (Å²) in [6, 6.07) is 8.62. The third-order valence-electron chi connectivity index (χ3n) is 2.85. The number of halogens is 1. The van der Waals surface area contributed by atoms with Gasteiger partial charge in [0.25, 0.3) is 0 Å². The van der Waals surface area contributed by atoms with Gasteiger partial charge in [0, 0.05) is 11.1 Å². The van der Waals surface area contributed by atoms with Crippen LogP contribution in [0, 0.1) is 26.6 Å². The lowest BCUT2D eigenvalue weighted by Gasteiger charge is -2.11. The molecule has 0 radical (unpaired) electrons. The first kappa shape index (κ1) is 11.6. The van der Waals surface area contributed by atoms with E-state index < -0.39 is 0 Å². The highest BCUT2D eigenvalue weighted by molar-refractivity contribution is 5.74. The summed E-state index contributed by atoms with van der Waals surface area (Å²) in [6.45, 7) is 5.63. The minimum Gasteiger partial charge on any atom is -0.507 e. The number of hydrogen-bond acceptors (Lipinski definition) is 1. The quantitative estimate of drug-likeness (QED) is 0.781. The highest BCUT2D eigenvalue weighted by atomic mass is 19.1. The summed E-state index contributed by atoms with van der Waals surface area (Å²) >= 11 is 0. The summed E-state index contributed by atoms with van der Waals surface area (Å²) in [6.07, 6.45) is 0. The van der Waals surface area contributed by atoms with Crippen LogP contribution in [0.4, 0.5) is 4.39 Å². The SMILES string of the molecule is Cc1cc(C)c(-c2cc(C)ccc2O)c(F)c1. The van der Waals surface area contributed by atoms with Crippen molar-refractivity contribution < 1.29 is 9.50 Å². The van der Waals surface area contributed by atoms with Crippen molar-refractivity contribution >= 4 is 0 Å². The number of phenols is 1. The van der Waals surface area contributed by atoms with Crippen molar-refractivity contribution in [1.29, 1.82) is 0 Å². The second-order valence-electron chi connectivity index (χ2n) is 4.46. The molecule has 0 aliphatic heterocycles. The summed E-state index contributed by atoms with van der Waals surface area (Å²) < 4.78 is 14.0. The van der Waals surface area contributed by atoms with E-state index in [9.17, 15) is 9.50 Å². The van der Waals surface area contributed by atoms with E-state index in [1.807, 2.05) is 26.8 Å². The molecule has 0 spiro atoms. The Morgan fingerprint density at radius 1 is 0.941 bits per heavy atom. The lowest BCUT2D eigenvalue weighted by atomic mass is 9.96. The van der Waals surface area contributed by atoms with Gasteiger partial charge in [-0.1, -0.05) is 17.7 Å². The van der Waals surface area contributed by atoms with Gasteiger partial charge in [-0.15, -0.1) is 0 Å². The number of phenolic OH excluding ortho intramolecular Hbond substituents is 1. The first-order valence-corrected chi connectivity index (χ1v) is 5.56. The van der Waals surface area contributed by atoms with Crippen LogP contribution >= 0.6 is 0 Å². The van der Waals surface area contributed by atoms with Gasteiger partial charge in [-0.25, -0.2) is 4.39 Å². The van der Waals surface area contributed by atoms with Gasteiger partial charge in [0.2, 0.25) is 0 Å². The van der Waals surface area contributed by atoms with Crippen LogP contribution in [0.2, 0.25) is 0 Å². The topological polar surface area (TPSA) is 20.2 Å². The first-order valence-electron chi connectivity index (χ1n) is 5.56. The largest absolute Gasteiger partial charge is 0.507 e. The van der Waals surface area contributed by atoms with Crippen molar-refractivity contribution in [2.24, 2.45) is 0 Å². The molecule has 17 heavy (non-hydrogen) atoms. The summed E-state index contributed by atoms with van der Waals surface area (Å²) in [5.74, 6) is -0.176. The molecule has 2 aromatic carbocycles. The van der Waals surface area contributed by atoms with Crippen molar-refractivity contribution in [2.75, 3.05) is 0 Å². The highest BCUT2D eigenvalue weighted by Gasteiger charge is 2.13. The molecule has 1 nitrogen and oxygen atoms in total. The molecule has 0 bridgehead atoms. The molecule has 0 unspecified atom stereocenters. The number of benzene rings is 2. The van der Waals surface area contributed by atoms with Crippen LogP contribution in [0.25, 0.3) is 11.1 Å². The number of aryl methyl sites for hydroxylation is 3. The molecule has 1 N–H and O–H groups in total. The van der Waals surface area contributed by atoms with Crippen molar-refractivity contribution in [1.82, 2.24) is 0 Å². The third-order valence-corrected chi connectivity index (χ3v) is 2.85. The lowest BCUT2D eigenvalue weighted by molar-refractivity contribution is 0.476. The van der Waals surface area contributed by atoms with Gasteiger partial charge in [0.1, 0.15) is 11.6 Å². The Morgan fingerprint density at radius 2 is 1.65 bits per heavy atom. The van der Waals surface area contributed by atoms with E-state index in [0.29, 0.717) is 11.1 Å². The normalized spacial score (nSPS) is 10.6. The third kappa shape index (κ3) is 2.16. The minimum atomic E-state index is -0.289. The maximum absolute atomic E-state index is 14.0. The molecule has 0 amide bonds. The molecule has 0 fully saturated rings. The van der Waals surface area contributed by atoms with Gasteiger partial charge in [-0.05, 0) is 50.1 Å². The van der Waals surface area contributed by atoms with E-state index in [-0.39, 0.29) is 11.6 Å². The molecular weight excluding hydrogens is 215 g/mol. The summed E-state index contributed by atoms with van der Waals surface area (Å²) in [5.41, 5.74) is 3.76. The van der Waals surface area contributed by atoms with Crippen molar-refractivity contribution in [3.63, 3.8) is 0 Å². The van der Waals surface area contributed by atoms with Crippen LogP contribution in [-0.2, 0) is 0 Å². The molecule has 0 saturated carbocycles. The zero-order chi connectivity index (χ0) is 12.6. The zero-order valence-corrected chi connectivity index (χ0v) is 10.2. The van der Waals surface area contributed by atoms with Crippen LogP contribution in [0.1, 0.15) is 16.7 Å². The fourth-order valence-corrected chi connectivity index (χ4v) is 2.11. The second kappa shape index (κ2) is 4.21. The molecule has 0 saturated heterocycles. The van der Waals surface area contributed by atoms with Gasteiger partial charge in [0.05, 0.1) is 0 Å². The Balaban J connectivity index is 2.72. The van der Waals surface area contributed by atoms with Gasteiger partial charge < -0.3 is 5.11 Å². The molecule has 2 aromatic rings. The first-order chi connectivity index (χ1) is 7.99. The van der Waals surface area contributed by atoms with Crippen molar-refractivity contribution in [3.8, 4) is 16.9 Å². The number of hydrogen-bond donors (Lipinski definition) is 1. The smallest absolute Gasteiger partial charge is 0.131 e. The fourth-order valence-electron chi connectivity index (χ4n) is 2.11. The molecule has 0 heterocycles. The predicted octanol–water partition coefficient (Wildman–Crippen LogP) is 4.12. The fraction of sp³-hybridized carbons (Fsp3) is 0.200. The Labute approximate surface area is 101 Å². The summed E-state index contributed by atoms with van der Waals surface area (Å²) in [4.78, 5) is 0. The molecule has 0 aliphatic carbocycles. The average molecular weight is 230 g/mol.